The Labute approximate surface area is 232 Å². The van der Waals surface area contributed by atoms with Crippen LogP contribution in [0.15, 0.2) is 48.5 Å². The van der Waals surface area contributed by atoms with Crippen LogP contribution in [0.4, 0.5) is 11.6 Å². The van der Waals surface area contributed by atoms with Crippen molar-refractivity contribution in [2.24, 2.45) is 5.92 Å². The lowest BCUT2D eigenvalue weighted by Crippen LogP contribution is -2.34. The third-order valence-electron chi connectivity index (χ3n) is 7.74. The number of pyridine rings is 1. The lowest BCUT2D eigenvalue weighted by Gasteiger charge is -2.30. The highest BCUT2D eigenvalue weighted by atomic mass is 16.3. The Balaban J connectivity index is 1.35. The van der Waals surface area contributed by atoms with E-state index in [1.807, 2.05) is 13.0 Å². The first-order chi connectivity index (χ1) is 18.8. The summed E-state index contributed by atoms with van der Waals surface area (Å²) in [6.07, 6.45) is 3.67. The second-order valence-electron chi connectivity index (χ2n) is 11.3. The van der Waals surface area contributed by atoms with Gasteiger partial charge in [0, 0.05) is 24.5 Å². The quantitative estimate of drug-likeness (QED) is 0.212. The summed E-state index contributed by atoms with van der Waals surface area (Å²) < 4.78 is 2.15. The van der Waals surface area contributed by atoms with Crippen LogP contribution in [0.2, 0.25) is 0 Å². The van der Waals surface area contributed by atoms with Crippen molar-refractivity contribution in [3.05, 3.63) is 76.6 Å². The summed E-state index contributed by atoms with van der Waals surface area (Å²) in [4.78, 5) is 12.2. The molecule has 0 atom stereocenters. The molecule has 7 nitrogen and oxygen atoms in total. The predicted octanol–water partition coefficient (Wildman–Crippen LogP) is 6.26. The monoisotopic (exact) mass is 526 g/mol. The fourth-order valence-corrected chi connectivity index (χ4v) is 5.51. The Morgan fingerprint density at radius 3 is 2.46 bits per heavy atom. The van der Waals surface area contributed by atoms with Crippen LogP contribution in [-0.2, 0) is 13.1 Å². The molecule has 0 aliphatic carbocycles. The average Bonchev–Trinajstić information content (AvgIpc) is 3.24. The molecule has 0 amide bonds. The molecule has 0 unspecified atom stereocenters. The van der Waals surface area contributed by atoms with Crippen LogP contribution in [0, 0.1) is 26.7 Å². The minimum atomic E-state index is 0.209. The first kappa shape index (κ1) is 27.0. The summed E-state index contributed by atoms with van der Waals surface area (Å²) in [6, 6.07) is 16.5. The van der Waals surface area contributed by atoms with E-state index in [9.17, 15) is 5.11 Å². The fourth-order valence-electron chi connectivity index (χ4n) is 5.51. The van der Waals surface area contributed by atoms with E-state index in [0.29, 0.717) is 12.2 Å². The lowest BCUT2D eigenvalue weighted by molar-refractivity contribution is 0.192. The number of imidazole rings is 1. The number of likely N-dealkylation sites (tertiary alicyclic amines) is 1. The van der Waals surface area contributed by atoms with Crippen molar-refractivity contribution >= 4 is 22.7 Å². The van der Waals surface area contributed by atoms with E-state index in [1.165, 1.54) is 42.6 Å². The van der Waals surface area contributed by atoms with Crippen LogP contribution in [-0.4, -0.2) is 50.7 Å². The summed E-state index contributed by atoms with van der Waals surface area (Å²) in [5, 5.41) is 17.7. The number of benzene rings is 2. The Morgan fingerprint density at radius 2 is 1.69 bits per heavy atom. The normalized spacial score (nSPS) is 14.7. The molecular formula is C32H42N6O. The smallest absolute Gasteiger partial charge is 0.204 e. The van der Waals surface area contributed by atoms with Gasteiger partial charge in [-0.1, -0.05) is 19.1 Å². The van der Waals surface area contributed by atoms with Crippen LogP contribution >= 0.6 is 0 Å². The molecule has 0 bridgehead atoms. The number of nitrogens with one attached hydrogen (secondary N) is 2. The standard InChI is InChI=1S/C32H42N6O/c1-22-10-14-37(15-11-22)13-5-12-33-32-36-28-8-7-26(20-34-27-17-23(2)16-24(3)18-27)19-30(28)38(32)21-29-31(39)9-6-25(4)35-29/h6-9,16-19,22,34,39H,5,10-15,20-21H2,1-4H3,(H,33,36). The van der Waals surface area contributed by atoms with Gasteiger partial charge in [-0.05, 0) is 119 Å². The topological polar surface area (TPSA) is 78.2 Å². The highest BCUT2D eigenvalue weighted by molar-refractivity contribution is 5.80. The summed E-state index contributed by atoms with van der Waals surface area (Å²) in [6.45, 7) is 14.1. The van der Waals surface area contributed by atoms with Gasteiger partial charge in [-0.3, -0.25) is 4.98 Å². The van der Waals surface area contributed by atoms with Gasteiger partial charge in [0.25, 0.3) is 0 Å². The number of aryl methyl sites for hydroxylation is 3. The van der Waals surface area contributed by atoms with Gasteiger partial charge in [0.1, 0.15) is 11.4 Å². The zero-order chi connectivity index (χ0) is 27.4. The summed E-state index contributed by atoms with van der Waals surface area (Å²) in [5.41, 5.74) is 8.31. The van der Waals surface area contributed by atoms with E-state index in [-0.39, 0.29) is 5.75 Å². The molecule has 0 radical (unpaired) electrons. The van der Waals surface area contributed by atoms with Crippen molar-refractivity contribution < 1.29 is 5.11 Å². The van der Waals surface area contributed by atoms with Crippen LogP contribution < -0.4 is 10.6 Å². The minimum Gasteiger partial charge on any atom is -0.506 e. The van der Waals surface area contributed by atoms with Crippen molar-refractivity contribution in [2.75, 3.05) is 36.8 Å². The molecule has 1 aliphatic heterocycles. The Hall–Kier alpha value is -3.58. The van der Waals surface area contributed by atoms with Crippen molar-refractivity contribution in [3.8, 4) is 5.75 Å². The summed E-state index contributed by atoms with van der Waals surface area (Å²) >= 11 is 0. The number of aromatic nitrogens is 3. The average molecular weight is 527 g/mol. The third kappa shape index (κ3) is 6.90. The van der Waals surface area contributed by atoms with Crippen LogP contribution in [0.5, 0.6) is 5.75 Å². The van der Waals surface area contributed by atoms with Crippen molar-refractivity contribution in [1.82, 2.24) is 19.4 Å². The molecule has 0 spiro atoms. The highest BCUT2D eigenvalue weighted by Crippen LogP contribution is 2.26. The minimum absolute atomic E-state index is 0.209. The highest BCUT2D eigenvalue weighted by Gasteiger charge is 2.17. The molecule has 39 heavy (non-hydrogen) atoms. The van der Waals surface area contributed by atoms with Crippen molar-refractivity contribution in [1.29, 1.82) is 0 Å². The SMILES string of the molecule is Cc1cc(C)cc(NCc2ccc3nc(NCCCN4CCC(C)CC4)n(Cc4nc(C)ccc4O)c3c2)c1. The zero-order valence-corrected chi connectivity index (χ0v) is 23.8. The maximum Gasteiger partial charge on any atom is 0.204 e. The second-order valence-corrected chi connectivity index (χ2v) is 11.3. The van der Waals surface area contributed by atoms with Crippen molar-refractivity contribution in [3.63, 3.8) is 0 Å². The number of hydrogen-bond donors (Lipinski definition) is 3. The Bertz CT molecular complexity index is 1400. The number of fused-ring (bicyclic) bond motifs is 1. The first-order valence-corrected chi connectivity index (χ1v) is 14.3. The molecule has 206 valence electrons. The van der Waals surface area contributed by atoms with E-state index in [0.717, 1.165) is 60.3 Å². The Morgan fingerprint density at radius 1 is 0.923 bits per heavy atom. The molecule has 5 rings (SSSR count). The number of nitrogens with zero attached hydrogens (tertiary/aromatic N) is 4. The van der Waals surface area contributed by atoms with Gasteiger partial charge in [-0.2, -0.15) is 0 Å². The maximum absolute atomic E-state index is 10.6. The zero-order valence-electron chi connectivity index (χ0n) is 23.8. The number of hydrogen-bond acceptors (Lipinski definition) is 6. The molecular weight excluding hydrogens is 484 g/mol. The number of anilines is 2. The van der Waals surface area contributed by atoms with Gasteiger partial charge in [0.2, 0.25) is 5.95 Å². The van der Waals surface area contributed by atoms with E-state index in [2.05, 4.69) is 82.3 Å². The van der Waals surface area contributed by atoms with Crippen LogP contribution in [0.25, 0.3) is 11.0 Å². The third-order valence-corrected chi connectivity index (χ3v) is 7.74. The van der Waals surface area contributed by atoms with Gasteiger partial charge in [0.15, 0.2) is 0 Å². The largest absolute Gasteiger partial charge is 0.506 e. The van der Waals surface area contributed by atoms with Gasteiger partial charge in [-0.25, -0.2) is 4.98 Å². The van der Waals surface area contributed by atoms with E-state index < -0.39 is 0 Å². The number of rotatable bonds is 10. The van der Waals surface area contributed by atoms with Crippen molar-refractivity contribution in [2.45, 2.75) is 60.0 Å². The van der Waals surface area contributed by atoms with Gasteiger partial charge in [-0.15, -0.1) is 0 Å². The molecule has 3 N–H and O–H groups in total. The molecule has 1 saturated heterocycles. The molecule has 7 heteroatoms. The lowest BCUT2D eigenvalue weighted by atomic mass is 9.99. The molecule has 2 aromatic heterocycles. The summed E-state index contributed by atoms with van der Waals surface area (Å²) in [5.74, 6) is 1.88. The second kappa shape index (κ2) is 12.1. The van der Waals surface area contributed by atoms with Crippen LogP contribution in [0.1, 0.15) is 54.3 Å². The summed E-state index contributed by atoms with van der Waals surface area (Å²) in [7, 11) is 0. The molecule has 1 fully saturated rings. The van der Waals surface area contributed by atoms with Gasteiger partial charge < -0.3 is 25.2 Å². The van der Waals surface area contributed by atoms with E-state index >= 15 is 0 Å². The van der Waals surface area contributed by atoms with Gasteiger partial charge >= 0.3 is 0 Å². The van der Waals surface area contributed by atoms with Gasteiger partial charge in [0.05, 0.1) is 17.6 Å². The van der Waals surface area contributed by atoms with E-state index in [4.69, 9.17) is 4.98 Å². The molecule has 1 aliphatic rings. The first-order valence-electron chi connectivity index (χ1n) is 14.3. The fraction of sp³-hybridized carbons (Fsp3) is 0.438. The van der Waals surface area contributed by atoms with Crippen LogP contribution in [0.3, 0.4) is 0 Å². The van der Waals surface area contributed by atoms with E-state index in [1.54, 1.807) is 6.07 Å². The molecule has 2 aromatic carbocycles. The Kier molecular flexibility index (Phi) is 8.36. The maximum atomic E-state index is 10.6. The molecule has 0 saturated carbocycles. The number of aromatic hydroxyl groups is 1. The number of piperidine rings is 1. The predicted molar refractivity (Wildman–Crippen MR) is 161 cm³/mol. The molecule has 3 heterocycles. The molecule has 4 aromatic rings.